The Labute approximate surface area is 174 Å². The van der Waals surface area contributed by atoms with Gasteiger partial charge in [0.05, 0.1) is 23.8 Å². The maximum absolute atomic E-state index is 8.79. The Bertz CT molecular complexity index is 561. The van der Waals surface area contributed by atoms with E-state index in [0.717, 1.165) is 24.1 Å². The van der Waals surface area contributed by atoms with E-state index in [4.69, 9.17) is 27.3 Å². The van der Waals surface area contributed by atoms with Gasteiger partial charge < -0.3 is 11.5 Å². The van der Waals surface area contributed by atoms with Gasteiger partial charge in [0.2, 0.25) is 0 Å². The monoisotopic (exact) mass is 389 g/mol. The van der Waals surface area contributed by atoms with Crippen LogP contribution in [0.15, 0.2) is 23.0 Å². The third-order valence-corrected chi connectivity index (χ3v) is 3.07. The third-order valence-electron chi connectivity index (χ3n) is 3.07. The first-order valence-corrected chi connectivity index (χ1v) is 9.52. The Morgan fingerprint density at radius 2 is 1.29 bits per heavy atom. The molecule has 4 N–H and O–H groups in total. The first-order chi connectivity index (χ1) is 12.4. The molecule has 0 aliphatic rings. The van der Waals surface area contributed by atoms with Crippen LogP contribution in [-0.4, -0.2) is 0 Å². The largest absolute Gasteiger partial charge is 0.401 e. The predicted octanol–water partition coefficient (Wildman–Crippen LogP) is 6.02. The average molecular weight is 390 g/mol. The fourth-order valence-electron chi connectivity index (χ4n) is 1.92. The van der Waals surface area contributed by atoms with Gasteiger partial charge in [-0.1, -0.05) is 62.8 Å². The molecule has 0 amide bonds. The Balaban J connectivity index is -0.000000160. The molecule has 0 radical (unpaired) electrons. The molecule has 0 aliphatic carbocycles. The molecule has 160 valence electrons. The predicted molar refractivity (Wildman–Crippen MR) is 120 cm³/mol. The van der Waals surface area contributed by atoms with Crippen LogP contribution in [0.4, 0.5) is 0 Å². The van der Waals surface area contributed by atoms with Crippen LogP contribution in [0.25, 0.3) is 0 Å². The molecule has 0 saturated heterocycles. The highest BCUT2D eigenvalue weighted by Crippen LogP contribution is 2.16. The van der Waals surface area contributed by atoms with Gasteiger partial charge >= 0.3 is 0 Å². The summed E-state index contributed by atoms with van der Waals surface area (Å²) >= 11 is 0. The molecule has 0 heterocycles. The van der Waals surface area contributed by atoms with Crippen molar-refractivity contribution >= 4 is 0 Å². The second-order valence-corrected chi connectivity index (χ2v) is 8.01. The van der Waals surface area contributed by atoms with Crippen LogP contribution in [0.5, 0.6) is 0 Å². The zero-order valence-corrected chi connectivity index (χ0v) is 18.5. The smallest absolute Gasteiger partial charge is 0.0967 e. The van der Waals surface area contributed by atoms with Crippen LogP contribution in [0.3, 0.4) is 0 Å². The maximum atomic E-state index is 8.79. The summed E-state index contributed by atoms with van der Waals surface area (Å²) in [5.74, 6) is 1.84. The SMILES string of the molecule is C.CC(C)C/C(N)=C(/C#N)C(C)C.CC(C)C/C(N)=C/C#N.CC(C)CC#N. The number of nitrogens with two attached hydrogens (primary N) is 2. The van der Waals surface area contributed by atoms with Crippen LogP contribution in [0, 0.1) is 57.7 Å². The lowest BCUT2D eigenvalue weighted by Crippen LogP contribution is -2.08. The lowest BCUT2D eigenvalue weighted by molar-refractivity contribution is 0.625. The molecule has 0 saturated carbocycles. The highest BCUT2D eigenvalue weighted by atomic mass is 14.6. The normalized spacial score (nSPS) is 11.1. The Hall–Kier alpha value is -2.45. The molecule has 0 aliphatic heterocycles. The van der Waals surface area contributed by atoms with E-state index in [2.05, 4.69) is 39.8 Å². The van der Waals surface area contributed by atoms with E-state index in [1.807, 2.05) is 33.8 Å². The van der Waals surface area contributed by atoms with Crippen molar-refractivity contribution in [3.8, 4) is 18.2 Å². The van der Waals surface area contributed by atoms with Gasteiger partial charge in [-0.05, 0) is 36.5 Å². The molecule has 5 heteroatoms. The number of hydrogen-bond acceptors (Lipinski definition) is 5. The van der Waals surface area contributed by atoms with E-state index in [9.17, 15) is 0 Å². The minimum atomic E-state index is 0. The van der Waals surface area contributed by atoms with Crippen molar-refractivity contribution in [3.63, 3.8) is 0 Å². The Kier molecular flexibility index (Phi) is 24.7. The summed E-state index contributed by atoms with van der Waals surface area (Å²) in [5, 5.41) is 24.9. The van der Waals surface area contributed by atoms with Gasteiger partial charge in [0.15, 0.2) is 0 Å². The molecular formula is C23H43N5. The van der Waals surface area contributed by atoms with Crippen molar-refractivity contribution in [1.82, 2.24) is 0 Å². The van der Waals surface area contributed by atoms with E-state index in [0.29, 0.717) is 29.9 Å². The van der Waals surface area contributed by atoms with E-state index in [1.54, 1.807) is 0 Å². The topological polar surface area (TPSA) is 123 Å². The molecule has 28 heavy (non-hydrogen) atoms. The lowest BCUT2D eigenvalue weighted by Gasteiger charge is -2.10. The molecular weight excluding hydrogens is 346 g/mol. The molecule has 0 rings (SSSR count). The lowest BCUT2D eigenvalue weighted by atomic mass is 9.98. The fourth-order valence-corrected chi connectivity index (χ4v) is 1.92. The molecule has 0 bridgehead atoms. The number of rotatable bonds is 6. The number of nitrogens with zero attached hydrogens (tertiary/aromatic N) is 3. The van der Waals surface area contributed by atoms with Crippen LogP contribution in [0.2, 0.25) is 0 Å². The molecule has 0 aromatic rings. The van der Waals surface area contributed by atoms with Crippen molar-refractivity contribution in [3.05, 3.63) is 23.0 Å². The summed E-state index contributed by atoms with van der Waals surface area (Å²) in [6, 6.07) is 6.11. The van der Waals surface area contributed by atoms with E-state index in [-0.39, 0.29) is 13.3 Å². The van der Waals surface area contributed by atoms with Gasteiger partial charge in [-0.15, -0.1) is 0 Å². The van der Waals surface area contributed by atoms with Crippen molar-refractivity contribution in [2.45, 2.75) is 82.1 Å². The first kappa shape index (κ1) is 33.2. The molecule has 0 fully saturated rings. The minimum absolute atomic E-state index is 0. The first-order valence-electron chi connectivity index (χ1n) is 9.52. The van der Waals surface area contributed by atoms with Gasteiger partial charge in [0.25, 0.3) is 0 Å². The van der Waals surface area contributed by atoms with Crippen molar-refractivity contribution in [2.75, 3.05) is 0 Å². The second kappa shape index (κ2) is 20.9. The van der Waals surface area contributed by atoms with Crippen LogP contribution < -0.4 is 11.5 Å². The summed E-state index contributed by atoms with van der Waals surface area (Å²) in [5.41, 5.74) is 13.4. The number of allylic oxidation sites excluding steroid dienone is 4. The van der Waals surface area contributed by atoms with Gasteiger partial charge in [-0.3, -0.25) is 0 Å². The molecule has 5 nitrogen and oxygen atoms in total. The fraction of sp³-hybridized carbons (Fsp3) is 0.696. The van der Waals surface area contributed by atoms with Crippen LogP contribution in [-0.2, 0) is 0 Å². The molecule has 0 unspecified atom stereocenters. The number of nitriles is 3. The quantitative estimate of drug-likeness (QED) is 0.538. The standard InChI is InChI=1S/C10H18N2.C7H12N2.C5H9N.CH4/c1-7(2)5-10(12)9(6-11)8(3)4;1-6(2)5-7(9)3-4-8;1-5(2)3-4-6;/h7-8H,5,12H2,1-4H3;3,6H,5,9H2,1-2H3;5H,3H2,1-2H3;1H4/b10-9+;7-3-;;. The van der Waals surface area contributed by atoms with Gasteiger partial charge in [-0.2, -0.15) is 15.8 Å². The highest BCUT2D eigenvalue weighted by Gasteiger charge is 2.08. The van der Waals surface area contributed by atoms with Crippen LogP contribution >= 0.6 is 0 Å². The Morgan fingerprint density at radius 3 is 1.50 bits per heavy atom. The minimum Gasteiger partial charge on any atom is -0.401 e. The summed E-state index contributed by atoms with van der Waals surface area (Å²) in [6.07, 6.45) is 3.70. The number of hydrogen-bond donors (Lipinski definition) is 2. The summed E-state index contributed by atoms with van der Waals surface area (Å²) in [6.45, 7) is 16.4. The van der Waals surface area contributed by atoms with Gasteiger partial charge in [-0.25, -0.2) is 0 Å². The summed E-state index contributed by atoms with van der Waals surface area (Å²) in [4.78, 5) is 0. The van der Waals surface area contributed by atoms with Gasteiger partial charge in [0.1, 0.15) is 0 Å². The van der Waals surface area contributed by atoms with E-state index < -0.39 is 0 Å². The zero-order chi connectivity index (χ0) is 22.0. The maximum Gasteiger partial charge on any atom is 0.0967 e. The van der Waals surface area contributed by atoms with Crippen molar-refractivity contribution < 1.29 is 0 Å². The van der Waals surface area contributed by atoms with E-state index in [1.165, 1.54) is 6.08 Å². The van der Waals surface area contributed by atoms with E-state index >= 15 is 0 Å². The average Bonchev–Trinajstić information content (AvgIpc) is 2.47. The second-order valence-electron chi connectivity index (χ2n) is 8.01. The summed E-state index contributed by atoms with van der Waals surface area (Å²) < 4.78 is 0. The van der Waals surface area contributed by atoms with Gasteiger partial charge in [0, 0.05) is 23.9 Å². The van der Waals surface area contributed by atoms with Crippen molar-refractivity contribution in [1.29, 1.82) is 15.8 Å². The van der Waals surface area contributed by atoms with Crippen molar-refractivity contribution in [2.24, 2.45) is 35.1 Å². The summed E-state index contributed by atoms with van der Waals surface area (Å²) in [7, 11) is 0. The molecule has 0 spiro atoms. The molecule has 0 aromatic heterocycles. The third kappa shape index (κ3) is 25.8. The highest BCUT2D eigenvalue weighted by molar-refractivity contribution is 5.27. The Morgan fingerprint density at radius 1 is 0.821 bits per heavy atom. The molecule has 0 aromatic carbocycles. The van der Waals surface area contributed by atoms with Crippen LogP contribution in [0.1, 0.15) is 82.1 Å². The molecule has 0 atom stereocenters. The zero-order valence-electron chi connectivity index (χ0n) is 18.5.